The number of carbonyl (C=O) groups is 1. The molecule has 1 aromatic heterocycles. The molecule has 2 heterocycles. The van der Waals surface area contributed by atoms with Gasteiger partial charge in [-0.05, 0) is 31.2 Å². The number of nitrogens with one attached hydrogen (secondary N) is 1. The number of rotatable bonds is 3. The van der Waals surface area contributed by atoms with E-state index in [0.717, 1.165) is 38.1 Å². The summed E-state index contributed by atoms with van der Waals surface area (Å²) >= 11 is 0. The summed E-state index contributed by atoms with van der Waals surface area (Å²) in [5.74, 6) is 1.63. The van der Waals surface area contributed by atoms with Gasteiger partial charge in [-0.1, -0.05) is 30.3 Å². The standard InChI is InChI=1S/C16H18N4O/c21-16(15-17-14(18-19-15)12-8-9-12)20-10-4-7-13(20)11-5-2-1-3-6-11/h1-3,5-6,12-13H,4,7-10H2,(H,17,18,19). The van der Waals surface area contributed by atoms with E-state index in [2.05, 4.69) is 27.3 Å². The van der Waals surface area contributed by atoms with E-state index in [1.54, 1.807) is 0 Å². The molecule has 2 aliphatic rings. The number of carbonyl (C=O) groups excluding carboxylic acids is 1. The van der Waals surface area contributed by atoms with E-state index < -0.39 is 0 Å². The lowest BCUT2D eigenvalue weighted by atomic mass is 10.0. The third kappa shape index (κ3) is 2.33. The van der Waals surface area contributed by atoms with Crippen LogP contribution < -0.4 is 0 Å². The Hall–Kier alpha value is -2.17. The highest BCUT2D eigenvalue weighted by atomic mass is 16.2. The Bertz CT molecular complexity index is 647. The molecule has 1 saturated heterocycles. The van der Waals surface area contributed by atoms with Gasteiger partial charge >= 0.3 is 0 Å². The highest BCUT2D eigenvalue weighted by molar-refractivity contribution is 5.91. The first-order chi connectivity index (χ1) is 10.3. The van der Waals surface area contributed by atoms with Crippen LogP contribution >= 0.6 is 0 Å². The van der Waals surface area contributed by atoms with Crippen molar-refractivity contribution in [1.29, 1.82) is 0 Å². The van der Waals surface area contributed by atoms with E-state index >= 15 is 0 Å². The predicted molar refractivity (Wildman–Crippen MR) is 77.8 cm³/mol. The second-order valence-corrected chi connectivity index (χ2v) is 5.89. The van der Waals surface area contributed by atoms with Gasteiger partial charge < -0.3 is 4.90 Å². The maximum atomic E-state index is 12.7. The molecular weight excluding hydrogens is 264 g/mol. The second-order valence-electron chi connectivity index (χ2n) is 5.89. The van der Waals surface area contributed by atoms with Crippen LogP contribution in [0.2, 0.25) is 0 Å². The van der Waals surface area contributed by atoms with Crippen molar-refractivity contribution >= 4 is 5.91 Å². The van der Waals surface area contributed by atoms with Crippen molar-refractivity contribution in [2.24, 2.45) is 0 Å². The summed E-state index contributed by atoms with van der Waals surface area (Å²) in [4.78, 5) is 19.0. The topological polar surface area (TPSA) is 61.9 Å². The molecule has 2 fully saturated rings. The minimum Gasteiger partial charge on any atom is -0.329 e. The zero-order valence-corrected chi connectivity index (χ0v) is 11.8. The van der Waals surface area contributed by atoms with Crippen LogP contribution in [0.25, 0.3) is 0 Å². The van der Waals surface area contributed by atoms with Crippen LogP contribution in [0, 0.1) is 0 Å². The Balaban J connectivity index is 1.57. The third-order valence-electron chi connectivity index (χ3n) is 4.36. The van der Waals surface area contributed by atoms with Gasteiger partial charge in [0.2, 0.25) is 5.82 Å². The van der Waals surface area contributed by atoms with Gasteiger partial charge in [0.05, 0.1) is 6.04 Å². The van der Waals surface area contributed by atoms with Crippen LogP contribution in [0.3, 0.4) is 0 Å². The number of likely N-dealkylation sites (tertiary alicyclic amines) is 1. The molecule has 0 radical (unpaired) electrons. The lowest BCUT2D eigenvalue weighted by Crippen LogP contribution is -2.31. The Kier molecular flexibility index (Phi) is 2.98. The van der Waals surface area contributed by atoms with Gasteiger partial charge in [0.15, 0.2) is 0 Å². The largest absolute Gasteiger partial charge is 0.329 e. The van der Waals surface area contributed by atoms with Gasteiger partial charge in [0, 0.05) is 12.5 Å². The maximum absolute atomic E-state index is 12.7. The summed E-state index contributed by atoms with van der Waals surface area (Å²) < 4.78 is 0. The van der Waals surface area contributed by atoms with E-state index in [-0.39, 0.29) is 11.9 Å². The van der Waals surface area contributed by atoms with Crippen molar-refractivity contribution in [3.8, 4) is 0 Å². The molecule has 1 aliphatic carbocycles. The minimum absolute atomic E-state index is 0.0514. The van der Waals surface area contributed by atoms with Crippen LogP contribution in [0.4, 0.5) is 0 Å². The molecule has 0 bridgehead atoms. The van der Waals surface area contributed by atoms with Gasteiger partial charge in [-0.25, -0.2) is 4.98 Å². The van der Waals surface area contributed by atoms with Gasteiger partial charge in [0.25, 0.3) is 5.91 Å². The monoisotopic (exact) mass is 282 g/mol. The molecule has 1 N–H and O–H groups in total. The second kappa shape index (κ2) is 4.98. The quantitative estimate of drug-likeness (QED) is 0.941. The Morgan fingerprint density at radius 3 is 2.76 bits per heavy atom. The molecule has 1 atom stereocenters. The summed E-state index contributed by atoms with van der Waals surface area (Å²) in [5.41, 5.74) is 1.20. The van der Waals surface area contributed by atoms with Crippen LogP contribution in [-0.2, 0) is 0 Å². The number of benzene rings is 1. The van der Waals surface area contributed by atoms with E-state index in [0.29, 0.717) is 11.7 Å². The molecule has 0 spiro atoms. The molecule has 5 nitrogen and oxygen atoms in total. The van der Waals surface area contributed by atoms with Crippen LogP contribution in [0.1, 0.15) is 59.6 Å². The fourth-order valence-electron chi connectivity index (χ4n) is 3.07. The highest BCUT2D eigenvalue weighted by Crippen LogP contribution is 2.38. The van der Waals surface area contributed by atoms with Crippen molar-refractivity contribution in [2.75, 3.05) is 6.54 Å². The summed E-state index contributed by atoms with van der Waals surface area (Å²) in [6.45, 7) is 0.783. The van der Waals surface area contributed by atoms with Crippen molar-refractivity contribution in [3.05, 3.63) is 47.5 Å². The van der Waals surface area contributed by atoms with Crippen molar-refractivity contribution in [3.63, 3.8) is 0 Å². The average molecular weight is 282 g/mol. The minimum atomic E-state index is -0.0514. The number of hydrogen-bond donors (Lipinski definition) is 1. The molecule has 108 valence electrons. The highest BCUT2D eigenvalue weighted by Gasteiger charge is 2.34. The average Bonchev–Trinajstić information content (AvgIpc) is 3.07. The first-order valence-electron chi connectivity index (χ1n) is 7.61. The number of aromatic amines is 1. The number of H-pyrrole nitrogens is 1. The Morgan fingerprint density at radius 1 is 1.19 bits per heavy atom. The summed E-state index contributed by atoms with van der Waals surface area (Å²) in [7, 11) is 0. The maximum Gasteiger partial charge on any atom is 0.294 e. The van der Waals surface area contributed by atoms with Gasteiger partial charge in [-0.2, -0.15) is 0 Å². The van der Waals surface area contributed by atoms with Crippen molar-refractivity contribution in [2.45, 2.75) is 37.6 Å². The Labute approximate surface area is 123 Å². The Morgan fingerprint density at radius 2 is 2.00 bits per heavy atom. The van der Waals surface area contributed by atoms with E-state index in [4.69, 9.17) is 0 Å². The molecular formula is C16H18N4O. The molecule has 1 saturated carbocycles. The molecule has 21 heavy (non-hydrogen) atoms. The molecule has 1 aliphatic heterocycles. The smallest absolute Gasteiger partial charge is 0.294 e. The zero-order valence-electron chi connectivity index (χ0n) is 11.8. The summed E-state index contributed by atoms with van der Waals surface area (Å²) in [6, 6.07) is 10.4. The number of amides is 1. The van der Waals surface area contributed by atoms with E-state index in [9.17, 15) is 4.79 Å². The molecule has 4 rings (SSSR count). The fourth-order valence-corrected chi connectivity index (χ4v) is 3.07. The van der Waals surface area contributed by atoms with Crippen LogP contribution in [-0.4, -0.2) is 32.5 Å². The van der Waals surface area contributed by atoms with Crippen LogP contribution in [0.5, 0.6) is 0 Å². The van der Waals surface area contributed by atoms with E-state index in [1.807, 2.05) is 23.1 Å². The number of hydrogen-bond acceptors (Lipinski definition) is 3. The molecule has 5 heteroatoms. The first kappa shape index (κ1) is 12.6. The predicted octanol–water partition coefficient (Wildman–Crippen LogP) is 2.66. The van der Waals surface area contributed by atoms with Gasteiger partial charge in [-0.3, -0.25) is 9.89 Å². The fraction of sp³-hybridized carbons (Fsp3) is 0.438. The van der Waals surface area contributed by atoms with Gasteiger partial charge in [-0.15, -0.1) is 5.10 Å². The SMILES string of the molecule is O=C(c1n[nH]c(C2CC2)n1)N1CCCC1c1ccccc1. The molecule has 2 aromatic rings. The first-order valence-corrected chi connectivity index (χ1v) is 7.61. The van der Waals surface area contributed by atoms with Crippen LogP contribution in [0.15, 0.2) is 30.3 Å². The normalized spacial score (nSPS) is 21.7. The zero-order chi connectivity index (χ0) is 14.2. The lowest BCUT2D eigenvalue weighted by Gasteiger charge is -2.23. The number of aromatic nitrogens is 3. The summed E-state index contributed by atoms with van der Waals surface area (Å²) in [5, 5.41) is 7.04. The molecule has 1 unspecified atom stereocenters. The van der Waals surface area contributed by atoms with E-state index in [1.165, 1.54) is 5.56 Å². The molecule has 1 aromatic carbocycles. The third-order valence-corrected chi connectivity index (χ3v) is 4.36. The summed E-state index contributed by atoms with van der Waals surface area (Å²) in [6.07, 6.45) is 4.35. The number of nitrogens with zero attached hydrogens (tertiary/aromatic N) is 3. The van der Waals surface area contributed by atoms with Crippen molar-refractivity contribution < 1.29 is 4.79 Å². The van der Waals surface area contributed by atoms with Crippen molar-refractivity contribution in [1.82, 2.24) is 20.1 Å². The van der Waals surface area contributed by atoms with Gasteiger partial charge in [0.1, 0.15) is 5.82 Å². The lowest BCUT2D eigenvalue weighted by molar-refractivity contribution is 0.0723. The molecule has 1 amide bonds.